The largest absolute Gasteiger partial charge is 0.361 e. The Morgan fingerprint density at radius 2 is 2.07 bits per heavy atom. The summed E-state index contributed by atoms with van der Waals surface area (Å²) in [6, 6.07) is 10.3. The predicted molar refractivity (Wildman–Crippen MR) is 106 cm³/mol. The molecular weight excluding hydrogens is 354 g/mol. The van der Waals surface area contributed by atoms with Crippen LogP contribution in [0.15, 0.2) is 47.2 Å². The molecule has 146 valence electrons. The van der Waals surface area contributed by atoms with Gasteiger partial charge in [0, 0.05) is 11.8 Å². The van der Waals surface area contributed by atoms with E-state index in [1.807, 2.05) is 30.8 Å². The van der Waals surface area contributed by atoms with Crippen molar-refractivity contribution in [1.29, 1.82) is 0 Å². The maximum Gasteiger partial charge on any atom is 0.245 e. The number of benzene rings is 1. The molecule has 3 heterocycles. The first-order valence-electron chi connectivity index (χ1n) is 9.64. The number of anilines is 1. The van der Waals surface area contributed by atoms with Crippen molar-refractivity contribution < 1.29 is 9.32 Å². The summed E-state index contributed by atoms with van der Waals surface area (Å²) in [5, 5.41) is 11.7. The van der Waals surface area contributed by atoms with Crippen molar-refractivity contribution in [3.63, 3.8) is 0 Å². The zero-order valence-electron chi connectivity index (χ0n) is 16.3. The molecule has 1 aliphatic rings. The Morgan fingerprint density at radius 3 is 2.82 bits per heavy atom. The summed E-state index contributed by atoms with van der Waals surface area (Å²) in [5.74, 6) is 0.914. The number of aryl methyl sites for hydroxylation is 3. The number of hydrogen-bond acceptors (Lipinski definition) is 5. The summed E-state index contributed by atoms with van der Waals surface area (Å²) >= 11 is 0. The molecule has 1 fully saturated rings. The lowest BCUT2D eigenvalue weighted by atomic mass is 10.0. The minimum absolute atomic E-state index is 0.116. The molecule has 1 aromatic carbocycles. The standard InChI is InChI=1S/C21H25N5O2/c1-15-19(16(2)28-24-15)13-25-12-18(11-23-25)26-14-22-20(21(26)27)10-6-9-17-7-4-3-5-8-17/h3-5,7-8,11-12,20,22H,6,9-10,13-14H2,1-2H3. The Bertz CT molecular complexity index is 927. The minimum atomic E-state index is -0.130. The zero-order chi connectivity index (χ0) is 19.5. The number of aromatic nitrogens is 3. The van der Waals surface area contributed by atoms with Gasteiger partial charge in [0.25, 0.3) is 0 Å². The zero-order valence-corrected chi connectivity index (χ0v) is 16.3. The van der Waals surface area contributed by atoms with E-state index < -0.39 is 0 Å². The monoisotopic (exact) mass is 379 g/mol. The van der Waals surface area contributed by atoms with Gasteiger partial charge in [0.2, 0.25) is 5.91 Å². The SMILES string of the molecule is Cc1noc(C)c1Cn1cc(N2CNC(CCCc3ccccc3)C2=O)cn1. The third kappa shape index (κ3) is 3.84. The van der Waals surface area contributed by atoms with Crippen LogP contribution in [0.5, 0.6) is 0 Å². The molecule has 1 aliphatic heterocycles. The molecule has 3 aromatic rings. The summed E-state index contributed by atoms with van der Waals surface area (Å²) in [6.45, 7) is 4.92. The first-order valence-corrected chi connectivity index (χ1v) is 9.64. The first-order chi connectivity index (χ1) is 13.6. The van der Waals surface area contributed by atoms with Gasteiger partial charge in [0.1, 0.15) is 5.76 Å². The molecule has 1 saturated heterocycles. The fourth-order valence-corrected chi connectivity index (χ4v) is 3.62. The van der Waals surface area contributed by atoms with Crippen molar-refractivity contribution >= 4 is 11.6 Å². The van der Waals surface area contributed by atoms with Gasteiger partial charge in [-0.3, -0.25) is 19.7 Å². The topological polar surface area (TPSA) is 76.2 Å². The van der Waals surface area contributed by atoms with E-state index in [0.717, 1.165) is 42.0 Å². The van der Waals surface area contributed by atoms with Gasteiger partial charge in [-0.2, -0.15) is 5.10 Å². The molecule has 0 radical (unpaired) electrons. The molecule has 1 N–H and O–H groups in total. The van der Waals surface area contributed by atoms with Crippen LogP contribution in [0.2, 0.25) is 0 Å². The van der Waals surface area contributed by atoms with Crippen LogP contribution in [-0.2, 0) is 17.8 Å². The molecule has 28 heavy (non-hydrogen) atoms. The van der Waals surface area contributed by atoms with E-state index in [1.54, 1.807) is 11.1 Å². The Labute approximate surface area is 164 Å². The highest BCUT2D eigenvalue weighted by Crippen LogP contribution is 2.21. The highest BCUT2D eigenvalue weighted by Gasteiger charge is 2.32. The highest BCUT2D eigenvalue weighted by atomic mass is 16.5. The molecule has 7 nitrogen and oxygen atoms in total. The molecule has 0 saturated carbocycles. The lowest BCUT2D eigenvalue weighted by Crippen LogP contribution is -2.30. The number of nitrogens with one attached hydrogen (secondary N) is 1. The second-order valence-electron chi connectivity index (χ2n) is 7.26. The van der Waals surface area contributed by atoms with Gasteiger partial charge in [-0.1, -0.05) is 35.5 Å². The number of carbonyl (C=O) groups excluding carboxylic acids is 1. The van der Waals surface area contributed by atoms with Gasteiger partial charge < -0.3 is 4.52 Å². The van der Waals surface area contributed by atoms with Gasteiger partial charge in [-0.05, 0) is 38.7 Å². The van der Waals surface area contributed by atoms with E-state index in [0.29, 0.717) is 13.2 Å². The molecule has 0 aliphatic carbocycles. The number of carbonyl (C=O) groups is 1. The Kier molecular flexibility index (Phi) is 5.25. The van der Waals surface area contributed by atoms with E-state index >= 15 is 0 Å². The van der Waals surface area contributed by atoms with Crippen LogP contribution < -0.4 is 10.2 Å². The molecular formula is C21H25N5O2. The summed E-state index contributed by atoms with van der Waals surface area (Å²) in [7, 11) is 0. The van der Waals surface area contributed by atoms with E-state index in [4.69, 9.17) is 4.52 Å². The molecule has 4 rings (SSSR count). The lowest BCUT2D eigenvalue weighted by molar-refractivity contribution is -0.118. The quantitative estimate of drug-likeness (QED) is 0.683. The molecule has 0 spiro atoms. The molecule has 7 heteroatoms. The van der Waals surface area contributed by atoms with Crippen molar-refractivity contribution in [3.8, 4) is 0 Å². The normalized spacial score (nSPS) is 16.9. The predicted octanol–water partition coefficient (Wildman–Crippen LogP) is 2.82. The van der Waals surface area contributed by atoms with E-state index in [-0.39, 0.29) is 11.9 Å². The fourth-order valence-electron chi connectivity index (χ4n) is 3.62. The maximum atomic E-state index is 12.8. The van der Waals surface area contributed by atoms with Crippen molar-refractivity contribution in [2.24, 2.45) is 0 Å². The van der Waals surface area contributed by atoms with E-state index in [1.165, 1.54) is 5.56 Å². The fraction of sp³-hybridized carbons (Fsp3) is 0.381. The average molecular weight is 379 g/mol. The van der Waals surface area contributed by atoms with E-state index in [2.05, 4.69) is 39.8 Å². The number of amides is 1. The Hall–Kier alpha value is -2.93. The highest BCUT2D eigenvalue weighted by molar-refractivity contribution is 5.98. The van der Waals surface area contributed by atoms with Crippen LogP contribution in [0, 0.1) is 13.8 Å². The van der Waals surface area contributed by atoms with E-state index in [9.17, 15) is 4.79 Å². The van der Waals surface area contributed by atoms with Gasteiger partial charge in [0.15, 0.2) is 0 Å². The van der Waals surface area contributed by atoms with Gasteiger partial charge >= 0.3 is 0 Å². The van der Waals surface area contributed by atoms with Crippen molar-refractivity contribution in [3.05, 3.63) is 65.3 Å². The van der Waals surface area contributed by atoms with Crippen LogP contribution in [-0.4, -0.2) is 33.6 Å². The first kappa shape index (κ1) is 18.4. The third-order valence-electron chi connectivity index (χ3n) is 5.29. The molecule has 0 bridgehead atoms. The summed E-state index contributed by atoms with van der Waals surface area (Å²) in [4.78, 5) is 14.6. The summed E-state index contributed by atoms with van der Waals surface area (Å²) in [5.41, 5.74) is 4.02. The van der Waals surface area contributed by atoms with Crippen LogP contribution in [0.1, 0.15) is 35.4 Å². The van der Waals surface area contributed by atoms with Gasteiger partial charge in [-0.25, -0.2) is 0 Å². The molecule has 1 unspecified atom stereocenters. The average Bonchev–Trinajstić information content (AvgIpc) is 3.39. The van der Waals surface area contributed by atoms with Crippen molar-refractivity contribution in [2.75, 3.05) is 11.6 Å². The summed E-state index contributed by atoms with van der Waals surface area (Å²) < 4.78 is 7.03. The number of nitrogens with zero attached hydrogens (tertiary/aromatic N) is 4. The van der Waals surface area contributed by atoms with Crippen LogP contribution in [0.3, 0.4) is 0 Å². The summed E-state index contributed by atoms with van der Waals surface area (Å²) in [6.07, 6.45) is 6.44. The second kappa shape index (κ2) is 7.98. The third-order valence-corrected chi connectivity index (χ3v) is 5.29. The van der Waals surface area contributed by atoms with Crippen LogP contribution in [0.25, 0.3) is 0 Å². The van der Waals surface area contributed by atoms with Crippen LogP contribution >= 0.6 is 0 Å². The van der Waals surface area contributed by atoms with Crippen molar-refractivity contribution in [1.82, 2.24) is 20.3 Å². The molecule has 2 aromatic heterocycles. The van der Waals surface area contributed by atoms with Crippen molar-refractivity contribution in [2.45, 2.75) is 45.7 Å². The van der Waals surface area contributed by atoms with Gasteiger partial charge in [-0.15, -0.1) is 0 Å². The number of rotatable bonds is 7. The maximum absolute atomic E-state index is 12.8. The Balaban J connectivity index is 1.34. The lowest BCUT2D eigenvalue weighted by Gasteiger charge is -2.13. The number of hydrogen-bond donors (Lipinski definition) is 1. The van der Waals surface area contributed by atoms with Gasteiger partial charge in [0.05, 0.1) is 36.8 Å². The Morgan fingerprint density at radius 1 is 1.25 bits per heavy atom. The second-order valence-corrected chi connectivity index (χ2v) is 7.26. The minimum Gasteiger partial charge on any atom is -0.361 e. The smallest absolute Gasteiger partial charge is 0.245 e. The molecule has 1 amide bonds. The van der Waals surface area contributed by atoms with Crippen LogP contribution in [0.4, 0.5) is 5.69 Å². The molecule has 1 atom stereocenters.